The molecule has 0 aliphatic carbocycles. The van der Waals surface area contributed by atoms with Gasteiger partial charge in [0.25, 0.3) is 5.91 Å². The van der Waals surface area contributed by atoms with Crippen LogP contribution >= 0.6 is 11.6 Å². The molecular formula is C19H22ClN5O2. The number of aryl methyl sites for hydroxylation is 1. The number of benzene rings is 1. The average Bonchev–Trinajstić information content (AvgIpc) is 3.27. The van der Waals surface area contributed by atoms with Crippen molar-refractivity contribution in [2.24, 2.45) is 0 Å². The van der Waals surface area contributed by atoms with Crippen molar-refractivity contribution in [1.29, 1.82) is 0 Å². The summed E-state index contributed by atoms with van der Waals surface area (Å²) in [5.41, 5.74) is 2.38. The van der Waals surface area contributed by atoms with Gasteiger partial charge in [-0.3, -0.25) is 9.48 Å². The summed E-state index contributed by atoms with van der Waals surface area (Å²) in [7, 11) is 0. The molecule has 0 fully saturated rings. The Morgan fingerprint density at radius 1 is 1.30 bits per heavy atom. The molecular weight excluding hydrogens is 366 g/mol. The second kappa shape index (κ2) is 8.26. The highest BCUT2D eigenvalue weighted by atomic mass is 35.5. The Morgan fingerprint density at radius 3 is 2.70 bits per heavy atom. The van der Waals surface area contributed by atoms with Crippen LogP contribution in [0.5, 0.6) is 5.75 Å². The van der Waals surface area contributed by atoms with Crippen molar-refractivity contribution in [3.8, 4) is 5.75 Å². The van der Waals surface area contributed by atoms with Crippen LogP contribution in [-0.2, 0) is 13.3 Å². The topological polar surface area (TPSA) is 74.0 Å². The van der Waals surface area contributed by atoms with Gasteiger partial charge < -0.3 is 10.1 Å². The summed E-state index contributed by atoms with van der Waals surface area (Å²) in [4.78, 5) is 12.5. The van der Waals surface area contributed by atoms with E-state index in [-0.39, 0.29) is 18.7 Å². The maximum atomic E-state index is 12.5. The summed E-state index contributed by atoms with van der Waals surface area (Å²) in [6, 6.07) is 8.56. The largest absolute Gasteiger partial charge is 0.471 e. The number of rotatable bonds is 7. The van der Waals surface area contributed by atoms with Gasteiger partial charge in [-0.2, -0.15) is 10.2 Å². The molecule has 0 saturated carbocycles. The van der Waals surface area contributed by atoms with Crippen LogP contribution in [0.15, 0.2) is 42.7 Å². The number of ether oxygens (including phenoxy) is 1. The maximum absolute atomic E-state index is 12.5. The average molecular weight is 388 g/mol. The molecule has 1 atom stereocenters. The molecule has 0 saturated heterocycles. The Hall–Kier alpha value is -2.80. The number of carbonyl (C=O) groups is 1. The first kappa shape index (κ1) is 19.0. The van der Waals surface area contributed by atoms with Crippen LogP contribution < -0.4 is 10.1 Å². The van der Waals surface area contributed by atoms with E-state index in [9.17, 15) is 4.79 Å². The maximum Gasteiger partial charge on any atom is 0.272 e. The van der Waals surface area contributed by atoms with Crippen LogP contribution in [0.1, 0.15) is 41.6 Å². The standard InChI is InChI=1S/C19H22ClN5O2/c1-4-25-14(3)17(11-21-25)13(2)22-19(26)18-9-10-24(23-18)12-27-16-7-5-15(20)6-8-16/h5-11,13H,4,12H2,1-3H3,(H,22,26). The first-order valence-electron chi connectivity index (χ1n) is 8.73. The third kappa shape index (κ3) is 4.49. The fourth-order valence-corrected chi connectivity index (χ4v) is 2.91. The Morgan fingerprint density at radius 2 is 2.04 bits per heavy atom. The van der Waals surface area contributed by atoms with E-state index in [1.54, 1.807) is 47.4 Å². The zero-order chi connectivity index (χ0) is 19.4. The van der Waals surface area contributed by atoms with Gasteiger partial charge in [0.1, 0.15) is 11.4 Å². The summed E-state index contributed by atoms with van der Waals surface area (Å²) in [6.07, 6.45) is 3.50. The van der Waals surface area contributed by atoms with E-state index in [1.807, 2.05) is 25.5 Å². The molecule has 3 aromatic rings. The van der Waals surface area contributed by atoms with E-state index in [4.69, 9.17) is 16.3 Å². The van der Waals surface area contributed by atoms with Gasteiger partial charge in [0.2, 0.25) is 0 Å². The van der Waals surface area contributed by atoms with Crippen molar-refractivity contribution in [2.75, 3.05) is 0 Å². The lowest BCUT2D eigenvalue weighted by Gasteiger charge is -2.13. The highest BCUT2D eigenvalue weighted by Gasteiger charge is 2.17. The van der Waals surface area contributed by atoms with Crippen LogP contribution in [0.25, 0.3) is 0 Å². The summed E-state index contributed by atoms with van der Waals surface area (Å²) in [5, 5.41) is 12.2. The summed E-state index contributed by atoms with van der Waals surface area (Å²) < 4.78 is 9.09. The molecule has 2 heterocycles. The molecule has 0 bridgehead atoms. The first-order chi connectivity index (χ1) is 13.0. The van der Waals surface area contributed by atoms with Crippen LogP contribution in [0.3, 0.4) is 0 Å². The zero-order valence-corrected chi connectivity index (χ0v) is 16.3. The number of amides is 1. The van der Waals surface area contributed by atoms with Crippen molar-refractivity contribution in [3.05, 3.63) is 64.7 Å². The molecule has 0 radical (unpaired) electrons. The fraction of sp³-hybridized carbons (Fsp3) is 0.316. The highest BCUT2D eigenvalue weighted by molar-refractivity contribution is 6.30. The Kier molecular flexibility index (Phi) is 5.81. The number of nitrogens with one attached hydrogen (secondary N) is 1. The SMILES string of the molecule is CCn1ncc(C(C)NC(=O)c2ccn(COc3ccc(Cl)cc3)n2)c1C. The van der Waals surface area contributed by atoms with E-state index in [2.05, 4.69) is 15.5 Å². The molecule has 0 spiro atoms. The van der Waals surface area contributed by atoms with Crippen LogP contribution in [0, 0.1) is 6.92 Å². The van der Waals surface area contributed by atoms with E-state index in [1.165, 1.54) is 0 Å². The highest BCUT2D eigenvalue weighted by Crippen LogP contribution is 2.18. The van der Waals surface area contributed by atoms with Gasteiger partial charge in [-0.15, -0.1) is 0 Å². The minimum absolute atomic E-state index is 0.159. The zero-order valence-electron chi connectivity index (χ0n) is 15.5. The lowest BCUT2D eigenvalue weighted by molar-refractivity contribution is 0.0932. The second-order valence-corrected chi connectivity index (χ2v) is 6.60. The summed E-state index contributed by atoms with van der Waals surface area (Å²) in [6.45, 7) is 6.96. The van der Waals surface area contributed by atoms with Gasteiger partial charge in [-0.05, 0) is 51.1 Å². The number of hydrogen-bond donors (Lipinski definition) is 1. The van der Waals surface area contributed by atoms with Crippen LogP contribution in [0.4, 0.5) is 0 Å². The van der Waals surface area contributed by atoms with Crippen molar-refractivity contribution in [1.82, 2.24) is 24.9 Å². The Bertz CT molecular complexity index is 917. The number of hydrogen-bond acceptors (Lipinski definition) is 4. The molecule has 2 aromatic heterocycles. The quantitative estimate of drug-likeness (QED) is 0.672. The number of nitrogens with zero attached hydrogens (tertiary/aromatic N) is 4. The Balaban J connectivity index is 1.59. The molecule has 3 rings (SSSR count). The summed E-state index contributed by atoms with van der Waals surface area (Å²) in [5.74, 6) is 0.439. The monoisotopic (exact) mass is 387 g/mol. The molecule has 0 aliphatic rings. The van der Waals surface area contributed by atoms with Gasteiger partial charge in [0.05, 0.1) is 12.2 Å². The normalized spacial score (nSPS) is 12.0. The smallest absolute Gasteiger partial charge is 0.272 e. The van der Waals surface area contributed by atoms with E-state index in [0.717, 1.165) is 17.8 Å². The number of aromatic nitrogens is 4. The number of carbonyl (C=O) groups excluding carboxylic acids is 1. The van der Waals surface area contributed by atoms with Gasteiger partial charge in [-0.25, -0.2) is 4.68 Å². The third-order valence-electron chi connectivity index (χ3n) is 4.31. The van der Waals surface area contributed by atoms with Crippen LogP contribution in [0.2, 0.25) is 5.02 Å². The minimum atomic E-state index is -0.239. The van der Waals surface area contributed by atoms with Crippen molar-refractivity contribution >= 4 is 17.5 Å². The van der Waals surface area contributed by atoms with E-state index >= 15 is 0 Å². The third-order valence-corrected chi connectivity index (χ3v) is 4.56. The minimum Gasteiger partial charge on any atom is -0.471 e. The number of halogens is 1. The molecule has 27 heavy (non-hydrogen) atoms. The van der Waals surface area contributed by atoms with Crippen molar-refractivity contribution < 1.29 is 9.53 Å². The van der Waals surface area contributed by atoms with E-state index in [0.29, 0.717) is 16.5 Å². The molecule has 8 heteroatoms. The molecule has 142 valence electrons. The molecule has 1 unspecified atom stereocenters. The van der Waals surface area contributed by atoms with Gasteiger partial charge >= 0.3 is 0 Å². The fourth-order valence-electron chi connectivity index (χ4n) is 2.78. The van der Waals surface area contributed by atoms with E-state index < -0.39 is 0 Å². The molecule has 7 nitrogen and oxygen atoms in total. The predicted octanol–water partition coefficient (Wildman–Crippen LogP) is 3.59. The van der Waals surface area contributed by atoms with Gasteiger partial charge in [0.15, 0.2) is 6.73 Å². The molecule has 1 N–H and O–H groups in total. The van der Waals surface area contributed by atoms with Crippen molar-refractivity contribution in [2.45, 2.75) is 40.1 Å². The van der Waals surface area contributed by atoms with Gasteiger partial charge in [0, 0.05) is 29.0 Å². The molecule has 1 amide bonds. The lowest BCUT2D eigenvalue weighted by atomic mass is 10.1. The first-order valence-corrected chi connectivity index (χ1v) is 9.10. The molecule has 0 aliphatic heterocycles. The lowest BCUT2D eigenvalue weighted by Crippen LogP contribution is -2.27. The Labute approximate surface area is 162 Å². The molecule has 1 aromatic carbocycles. The summed E-state index contributed by atoms with van der Waals surface area (Å²) >= 11 is 5.85. The van der Waals surface area contributed by atoms with Crippen molar-refractivity contribution in [3.63, 3.8) is 0 Å². The van der Waals surface area contributed by atoms with Crippen LogP contribution in [-0.4, -0.2) is 25.5 Å². The second-order valence-electron chi connectivity index (χ2n) is 6.16. The predicted molar refractivity (Wildman–Crippen MR) is 103 cm³/mol. The van der Waals surface area contributed by atoms with Gasteiger partial charge in [-0.1, -0.05) is 11.6 Å².